The lowest BCUT2D eigenvalue weighted by Crippen LogP contribution is -2.37. The van der Waals surface area contributed by atoms with Crippen molar-refractivity contribution >= 4 is 17.5 Å². The van der Waals surface area contributed by atoms with Crippen molar-refractivity contribution in [2.45, 2.75) is 25.7 Å². The first-order valence-corrected chi connectivity index (χ1v) is 8.69. The van der Waals surface area contributed by atoms with Crippen LogP contribution >= 0.6 is 0 Å². The quantitative estimate of drug-likeness (QED) is 0.860. The molecule has 2 aromatic rings. The number of para-hydroxylation sites is 1. The number of aryl methyl sites for hydroxylation is 1. The van der Waals surface area contributed by atoms with E-state index in [0.717, 1.165) is 24.2 Å². The Morgan fingerprint density at radius 3 is 2.58 bits per heavy atom. The summed E-state index contributed by atoms with van der Waals surface area (Å²) in [6.07, 6.45) is 4.47. The summed E-state index contributed by atoms with van der Waals surface area (Å²) in [5, 5.41) is 2.90. The number of amides is 2. The summed E-state index contributed by atoms with van der Waals surface area (Å²) < 4.78 is 0. The molecule has 1 N–H and O–H groups in total. The number of hydrogen-bond donors (Lipinski definition) is 1. The number of likely N-dealkylation sites (tertiary alicyclic amines) is 1. The molecule has 0 saturated carbocycles. The highest BCUT2D eigenvalue weighted by Crippen LogP contribution is 2.29. The fourth-order valence-electron chi connectivity index (χ4n) is 3.20. The van der Waals surface area contributed by atoms with Gasteiger partial charge in [-0.1, -0.05) is 24.8 Å². The molecular formula is C20H22N4O2. The summed E-state index contributed by atoms with van der Waals surface area (Å²) in [5.74, 6) is 0.503. The number of nitrogens with one attached hydrogen (secondary N) is 1. The summed E-state index contributed by atoms with van der Waals surface area (Å²) in [6.45, 7) is 6.63. The van der Waals surface area contributed by atoms with Crippen molar-refractivity contribution in [3.05, 3.63) is 66.3 Å². The Kier molecular flexibility index (Phi) is 5.41. The fraction of sp³-hybridized carbons (Fsp3) is 0.300. The molecule has 1 fully saturated rings. The van der Waals surface area contributed by atoms with Gasteiger partial charge in [0, 0.05) is 30.9 Å². The van der Waals surface area contributed by atoms with E-state index in [-0.39, 0.29) is 17.7 Å². The Morgan fingerprint density at radius 2 is 1.92 bits per heavy atom. The van der Waals surface area contributed by atoms with E-state index in [1.807, 2.05) is 37.3 Å². The fourth-order valence-corrected chi connectivity index (χ4v) is 3.20. The zero-order valence-electron chi connectivity index (χ0n) is 14.8. The van der Waals surface area contributed by atoms with Crippen LogP contribution in [0.5, 0.6) is 0 Å². The molecule has 1 aliphatic heterocycles. The average molecular weight is 350 g/mol. The van der Waals surface area contributed by atoms with E-state index in [1.54, 1.807) is 11.1 Å². The van der Waals surface area contributed by atoms with Crippen LogP contribution < -0.4 is 5.32 Å². The highest BCUT2D eigenvalue weighted by atomic mass is 16.2. The zero-order valence-corrected chi connectivity index (χ0v) is 14.8. The van der Waals surface area contributed by atoms with E-state index in [1.165, 1.54) is 6.08 Å². The third-order valence-corrected chi connectivity index (χ3v) is 4.58. The maximum absolute atomic E-state index is 12.7. The van der Waals surface area contributed by atoms with Gasteiger partial charge in [-0.15, -0.1) is 0 Å². The summed E-state index contributed by atoms with van der Waals surface area (Å²) >= 11 is 0. The molecule has 0 radical (unpaired) electrons. The molecule has 0 unspecified atom stereocenters. The van der Waals surface area contributed by atoms with E-state index in [2.05, 4.69) is 21.9 Å². The third kappa shape index (κ3) is 3.96. The predicted octanol–water partition coefficient (Wildman–Crippen LogP) is 2.93. The van der Waals surface area contributed by atoms with Crippen molar-refractivity contribution in [1.82, 2.24) is 14.9 Å². The van der Waals surface area contributed by atoms with Crippen LogP contribution in [0, 0.1) is 6.92 Å². The standard InChI is InChI=1S/C20H22N4O2/c1-3-18(25)24-11-9-15(10-12-24)19-17(13-21-14(2)22-19)20(26)23-16-7-5-4-6-8-16/h3-8,13,15H,1,9-12H2,2H3,(H,23,26). The predicted molar refractivity (Wildman–Crippen MR) is 99.9 cm³/mol. The van der Waals surface area contributed by atoms with Crippen LogP contribution in [-0.2, 0) is 4.79 Å². The Balaban J connectivity index is 1.79. The smallest absolute Gasteiger partial charge is 0.259 e. The van der Waals surface area contributed by atoms with Crippen LogP contribution in [0.1, 0.15) is 40.6 Å². The lowest BCUT2D eigenvalue weighted by molar-refractivity contribution is -0.127. The number of nitrogens with zero attached hydrogens (tertiary/aromatic N) is 3. The highest BCUT2D eigenvalue weighted by molar-refractivity contribution is 6.04. The molecule has 0 spiro atoms. The van der Waals surface area contributed by atoms with Gasteiger partial charge in [0.05, 0.1) is 11.3 Å². The molecule has 1 saturated heterocycles. The molecule has 0 aliphatic carbocycles. The van der Waals surface area contributed by atoms with Crippen LogP contribution in [0.25, 0.3) is 0 Å². The van der Waals surface area contributed by atoms with Crippen LogP contribution in [0.15, 0.2) is 49.2 Å². The maximum atomic E-state index is 12.7. The minimum absolute atomic E-state index is 0.0515. The second kappa shape index (κ2) is 7.91. The Morgan fingerprint density at radius 1 is 1.23 bits per heavy atom. The van der Waals surface area contributed by atoms with Gasteiger partial charge in [-0.3, -0.25) is 9.59 Å². The first-order chi connectivity index (χ1) is 12.6. The molecule has 3 rings (SSSR count). The molecule has 2 heterocycles. The van der Waals surface area contributed by atoms with E-state index >= 15 is 0 Å². The highest BCUT2D eigenvalue weighted by Gasteiger charge is 2.27. The van der Waals surface area contributed by atoms with Gasteiger partial charge in [0.15, 0.2) is 0 Å². The second-order valence-electron chi connectivity index (χ2n) is 6.34. The van der Waals surface area contributed by atoms with E-state index in [9.17, 15) is 9.59 Å². The van der Waals surface area contributed by atoms with Gasteiger partial charge in [0.25, 0.3) is 5.91 Å². The molecule has 6 heteroatoms. The van der Waals surface area contributed by atoms with Crippen LogP contribution in [-0.4, -0.2) is 39.8 Å². The van der Waals surface area contributed by atoms with Crippen molar-refractivity contribution in [3.8, 4) is 0 Å². The van der Waals surface area contributed by atoms with Crippen LogP contribution in [0.2, 0.25) is 0 Å². The normalized spacial score (nSPS) is 14.7. The Hall–Kier alpha value is -3.02. The number of piperidine rings is 1. The average Bonchev–Trinajstić information content (AvgIpc) is 2.68. The minimum atomic E-state index is -0.212. The summed E-state index contributed by atoms with van der Waals surface area (Å²) in [5.41, 5.74) is 1.99. The van der Waals surface area contributed by atoms with E-state index < -0.39 is 0 Å². The third-order valence-electron chi connectivity index (χ3n) is 4.58. The van der Waals surface area contributed by atoms with Gasteiger partial charge < -0.3 is 10.2 Å². The molecule has 0 bridgehead atoms. The molecule has 0 atom stereocenters. The topological polar surface area (TPSA) is 75.2 Å². The molecule has 26 heavy (non-hydrogen) atoms. The summed E-state index contributed by atoms with van der Waals surface area (Å²) in [7, 11) is 0. The molecule has 1 aromatic heterocycles. The first kappa shape index (κ1) is 17.8. The number of rotatable bonds is 4. The molecule has 1 aliphatic rings. The summed E-state index contributed by atoms with van der Waals surface area (Å²) in [6, 6.07) is 9.31. The van der Waals surface area contributed by atoms with Gasteiger partial charge in [-0.25, -0.2) is 9.97 Å². The van der Waals surface area contributed by atoms with Crippen LogP contribution in [0.3, 0.4) is 0 Å². The lowest BCUT2D eigenvalue weighted by atomic mass is 9.90. The molecule has 6 nitrogen and oxygen atoms in total. The molecular weight excluding hydrogens is 328 g/mol. The zero-order chi connectivity index (χ0) is 18.5. The van der Waals surface area contributed by atoms with Crippen molar-refractivity contribution < 1.29 is 9.59 Å². The number of carbonyl (C=O) groups is 2. The first-order valence-electron chi connectivity index (χ1n) is 8.69. The van der Waals surface area contributed by atoms with Crippen LogP contribution in [0.4, 0.5) is 5.69 Å². The van der Waals surface area contributed by atoms with E-state index in [4.69, 9.17) is 0 Å². The van der Waals surface area contributed by atoms with Crippen molar-refractivity contribution in [3.63, 3.8) is 0 Å². The van der Waals surface area contributed by atoms with Crippen molar-refractivity contribution in [2.75, 3.05) is 18.4 Å². The number of aromatic nitrogens is 2. The molecule has 2 amide bonds. The second-order valence-corrected chi connectivity index (χ2v) is 6.34. The Labute approximate surface area is 153 Å². The lowest BCUT2D eigenvalue weighted by Gasteiger charge is -2.31. The van der Waals surface area contributed by atoms with Gasteiger partial charge in [-0.2, -0.15) is 0 Å². The summed E-state index contributed by atoms with van der Waals surface area (Å²) in [4.78, 5) is 35.0. The van der Waals surface area contributed by atoms with Gasteiger partial charge in [0.2, 0.25) is 5.91 Å². The van der Waals surface area contributed by atoms with Gasteiger partial charge in [0.1, 0.15) is 5.82 Å². The van der Waals surface area contributed by atoms with Crippen molar-refractivity contribution in [2.24, 2.45) is 0 Å². The van der Waals surface area contributed by atoms with E-state index in [0.29, 0.717) is 24.5 Å². The van der Waals surface area contributed by atoms with Gasteiger partial charge in [-0.05, 0) is 38.0 Å². The minimum Gasteiger partial charge on any atom is -0.339 e. The number of hydrogen-bond acceptors (Lipinski definition) is 4. The number of anilines is 1. The largest absolute Gasteiger partial charge is 0.339 e. The maximum Gasteiger partial charge on any atom is 0.259 e. The Bertz CT molecular complexity index is 812. The monoisotopic (exact) mass is 350 g/mol. The molecule has 1 aromatic carbocycles. The number of benzene rings is 1. The van der Waals surface area contributed by atoms with Gasteiger partial charge >= 0.3 is 0 Å². The SMILES string of the molecule is C=CC(=O)N1CCC(c2nc(C)ncc2C(=O)Nc2ccccc2)CC1. The van der Waals surface area contributed by atoms with Crippen molar-refractivity contribution in [1.29, 1.82) is 0 Å². The molecule has 134 valence electrons. The number of carbonyl (C=O) groups excluding carboxylic acids is 2.